The minimum Gasteiger partial charge on any atom is -0.457 e. The Hall–Kier alpha value is -4.88. The summed E-state index contributed by atoms with van der Waals surface area (Å²) in [7, 11) is 0. The molecule has 0 fully saturated rings. The van der Waals surface area contributed by atoms with Gasteiger partial charge < -0.3 is 9.47 Å². The van der Waals surface area contributed by atoms with Crippen LogP contribution in [0.5, 0.6) is 11.5 Å². The van der Waals surface area contributed by atoms with Crippen molar-refractivity contribution in [1.82, 2.24) is 9.97 Å². The number of aromatic nitrogens is 2. The molecule has 0 saturated heterocycles. The largest absolute Gasteiger partial charge is 0.457 e. The van der Waals surface area contributed by atoms with E-state index in [0.29, 0.717) is 0 Å². The molecular weight excluding hydrogens is 528 g/mol. The third kappa shape index (κ3) is 3.49. The monoisotopic (exact) mass is 552 g/mol. The first-order valence-corrected chi connectivity index (χ1v) is 14.8. The van der Waals surface area contributed by atoms with Crippen LogP contribution in [0.3, 0.4) is 0 Å². The van der Waals surface area contributed by atoms with Crippen LogP contribution in [0.15, 0.2) is 120 Å². The Kier molecular flexibility index (Phi) is 4.92. The van der Waals surface area contributed by atoms with E-state index in [4.69, 9.17) is 19.4 Å². The Morgan fingerprint density at radius 2 is 1.12 bits per heavy atom. The Labute approximate surface area is 240 Å². The SMILES string of the molecule is C1=CC2=C(CC1)Oc1ccccc1N2c1cc2sc3cc(N4C5=C(CCC=C5)Oc5ccccc54)ncc3c2cn1. The third-order valence-electron chi connectivity index (χ3n) is 8.03. The van der Waals surface area contributed by atoms with Gasteiger partial charge in [0.05, 0.1) is 22.8 Å². The van der Waals surface area contributed by atoms with Gasteiger partial charge in [-0.25, -0.2) is 9.97 Å². The second-order valence-electron chi connectivity index (χ2n) is 10.5. The van der Waals surface area contributed by atoms with Crippen molar-refractivity contribution in [3.63, 3.8) is 0 Å². The van der Waals surface area contributed by atoms with Gasteiger partial charge in [-0.3, -0.25) is 9.80 Å². The van der Waals surface area contributed by atoms with Crippen LogP contribution in [0.4, 0.5) is 23.0 Å². The van der Waals surface area contributed by atoms with Crippen LogP contribution in [0, 0.1) is 0 Å². The van der Waals surface area contributed by atoms with E-state index in [1.54, 1.807) is 11.3 Å². The first kappa shape index (κ1) is 22.9. The molecule has 0 atom stereocenters. The van der Waals surface area contributed by atoms with Crippen LogP contribution in [0.2, 0.25) is 0 Å². The average Bonchev–Trinajstić information content (AvgIpc) is 3.39. The number of hydrogen-bond acceptors (Lipinski definition) is 7. The summed E-state index contributed by atoms with van der Waals surface area (Å²) in [5.41, 5.74) is 4.13. The molecule has 2 aliphatic carbocycles. The highest BCUT2D eigenvalue weighted by Crippen LogP contribution is 2.47. The lowest BCUT2D eigenvalue weighted by Gasteiger charge is -2.34. The van der Waals surface area contributed by atoms with Crippen molar-refractivity contribution in [3.05, 3.63) is 120 Å². The summed E-state index contributed by atoms with van der Waals surface area (Å²) < 4.78 is 14.9. The molecule has 5 heterocycles. The predicted octanol–water partition coefficient (Wildman–Crippen LogP) is 9.03. The number of anilines is 4. The zero-order valence-electron chi connectivity index (χ0n) is 22.1. The molecule has 9 rings (SSSR count). The van der Waals surface area contributed by atoms with Crippen LogP contribution in [0.25, 0.3) is 20.2 Å². The number of fused-ring (bicyclic) bond motifs is 5. The summed E-state index contributed by atoms with van der Waals surface area (Å²) in [5, 5.41) is 2.23. The molecule has 41 heavy (non-hydrogen) atoms. The molecule has 2 aromatic carbocycles. The number of pyridine rings is 2. The van der Waals surface area contributed by atoms with E-state index < -0.39 is 0 Å². The fourth-order valence-electron chi connectivity index (χ4n) is 6.13. The van der Waals surface area contributed by atoms with Gasteiger partial charge in [0, 0.05) is 45.4 Å². The predicted molar refractivity (Wildman–Crippen MR) is 164 cm³/mol. The van der Waals surface area contributed by atoms with Gasteiger partial charge in [-0.2, -0.15) is 0 Å². The van der Waals surface area contributed by atoms with Gasteiger partial charge in [-0.1, -0.05) is 36.4 Å². The molecule has 4 aliphatic rings. The molecule has 0 spiro atoms. The molecule has 7 heteroatoms. The van der Waals surface area contributed by atoms with Gasteiger partial charge >= 0.3 is 0 Å². The Morgan fingerprint density at radius 3 is 1.63 bits per heavy atom. The smallest absolute Gasteiger partial charge is 0.151 e. The number of para-hydroxylation sites is 4. The van der Waals surface area contributed by atoms with E-state index in [1.807, 2.05) is 48.8 Å². The molecule has 0 unspecified atom stereocenters. The van der Waals surface area contributed by atoms with Crippen LogP contribution in [-0.4, -0.2) is 9.97 Å². The van der Waals surface area contributed by atoms with Crippen molar-refractivity contribution in [3.8, 4) is 11.5 Å². The molecule has 198 valence electrons. The minimum absolute atomic E-state index is 0.866. The standard InChI is InChI=1S/C34H24N4O2S/c1-5-13-27-23(9-1)37(24-10-2-6-14-28(24)39-27)33-17-31-21(19-35-33)22-20-36-34(18-32(22)41-31)38-25-11-3-7-15-29(25)40-30-16-8-4-12-26(30)38/h1-5,7,9-13,15,17-20H,6,8,14,16H2. The number of hydrogen-bond donors (Lipinski definition) is 0. The molecule has 0 N–H and O–H groups in total. The number of rotatable bonds is 2. The van der Waals surface area contributed by atoms with E-state index >= 15 is 0 Å². The number of nitrogens with zero attached hydrogens (tertiary/aromatic N) is 4. The molecule has 2 aliphatic heterocycles. The van der Waals surface area contributed by atoms with Gasteiger partial charge in [-0.05, 0) is 61.4 Å². The van der Waals surface area contributed by atoms with Gasteiger partial charge in [0.25, 0.3) is 0 Å². The number of benzene rings is 2. The highest BCUT2D eigenvalue weighted by atomic mass is 32.1. The van der Waals surface area contributed by atoms with Crippen LogP contribution >= 0.6 is 11.3 Å². The zero-order valence-corrected chi connectivity index (χ0v) is 22.9. The molecule has 0 radical (unpaired) electrons. The molecule has 0 saturated carbocycles. The van der Waals surface area contributed by atoms with Crippen molar-refractivity contribution < 1.29 is 9.47 Å². The second-order valence-corrected chi connectivity index (χ2v) is 11.6. The van der Waals surface area contributed by atoms with Crippen molar-refractivity contribution in [2.75, 3.05) is 9.80 Å². The fourth-order valence-corrected chi connectivity index (χ4v) is 7.24. The molecule has 0 bridgehead atoms. The maximum Gasteiger partial charge on any atom is 0.151 e. The zero-order chi connectivity index (χ0) is 26.9. The minimum atomic E-state index is 0.866. The highest BCUT2D eigenvalue weighted by Gasteiger charge is 2.30. The number of thiophene rings is 1. The molecule has 3 aromatic heterocycles. The van der Waals surface area contributed by atoms with E-state index in [0.717, 1.165) is 93.9 Å². The molecule has 6 nitrogen and oxygen atoms in total. The lowest BCUT2D eigenvalue weighted by Crippen LogP contribution is -2.25. The maximum atomic E-state index is 6.29. The van der Waals surface area contributed by atoms with Crippen molar-refractivity contribution in [2.45, 2.75) is 25.7 Å². The first-order chi connectivity index (χ1) is 20.3. The van der Waals surface area contributed by atoms with E-state index in [-0.39, 0.29) is 0 Å². The number of ether oxygens (including phenoxy) is 2. The van der Waals surface area contributed by atoms with Crippen molar-refractivity contribution in [2.24, 2.45) is 0 Å². The summed E-state index contributed by atoms with van der Waals surface area (Å²) in [6.45, 7) is 0. The van der Waals surface area contributed by atoms with Gasteiger partial charge in [-0.15, -0.1) is 11.3 Å². The summed E-state index contributed by atoms with van der Waals surface area (Å²) in [6, 6.07) is 20.8. The topological polar surface area (TPSA) is 50.7 Å². The molecule has 5 aromatic rings. The Bertz CT molecular complexity index is 1890. The summed E-state index contributed by atoms with van der Waals surface area (Å²) in [6.07, 6.45) is 16.4. The third-order valence-corrected chi connectivity index (χ3v) is 9.15. The van der Waals surface area contributed by atoms with Gasteiger partial charge in [0.2, 0.25) is 0 Å². The highest BCUT2D eigenvalue weighted by molar-refractivity contribution is 7.25. The van der Waals surface area contributed by atoms with E-state index in [2.05, 4.69) is 58.4 Å². The lowest BCUT2D eigenvalue weighted by molar-refractivity contribution is 0.388. The van der Waals surface area contributed by atoms with Gasteiger partial charge in [0.15, 0.2) is 11.5 Å². The average molecular weight is 553 g/mol. The molecular formula is C34H24N4O2S. The van der Waals surface area contributed by atoms with E-state index in [1.165, 1.54) is 9.40 Å². The number of allylic oxidation sites excluding steroid dienone is 6. The van der Waals surface area contributed by atoms with Crippen LogP contribution in [-0.2, 0) is 0 Å². The molecule has 0 amide bonds. The normalized spacial score (nSPS) is 17.3. The van der Waals surface area contributed by atoms with Crippen LogP contribution in [0.1, 0.15) is 25.7 Å². The second kappa shape index (κ2) is 8.81. The van der Waals surface area contributed by atoms with E-state index in [9.17, 15) is 0 Å². The van der Waals surface area contributed by atoms with Crippen molar-refractivity contribution in [1.29, 1.82) is 0 Å². The summed E-state index contributed by atoms with van der Waals surface area (Å²) in [5.74, 6) is 5.49. The van der Waals surface area contributed by atoms with Gasteiger partial charge in [0.1, 0.15) is 23.2 Å². The summed E-state index contributed by atoms with van der Waals surface area (Å²) in [4.78, 5) is 14.4. The lowest BCUT2D eigenvalue weighted by atomic mass is 10.1. The fraction of sp³-hybridized carbons (Fsp3) is 0.118. The maximum absolute atomic E-state index is 6.29. The van der Waals surface area contributed by atoms with Crippen LogP contribution < -0.4 is 19.3 Å². The summed E-state index contributed by atoms with van der Waals surface area (Å²) >= 11 is 1.78. The first-order valence-electron chi connectivity index (χ1n) is 13.9. The Morgan fingerprint density at radius 1 is 0.634 bits per heavy atom. The quantitative estimate of drug-likeness (QED) is 0.218. The Balaban J connectivity index is 1.18. The van der Waals surface area contributed by atoms with Crippen molar-refractivity contribution >= 4 is 54.5 Å².